The SMILES string of the molecule is CNC(=O)CC(=O)N[C@@H]1c2ccccc2C[C@@H]1O. The molecule has 0 heterocycles. The molecule has 1 aromatic rings. The number of rotatable bonds is 3. The van der Waals surface area contributed by atoms with Crippen LogP contribution in [0.15, 0.2) is 24.3 Å². The molecule has 0 unspecified atom stereocenters. The summed E-state index contributed by atoms with van der Waals surface area (Å²) in [5.41, 5.74) is 1.96. The summed E-state index contributed by atoms with van der Waals surface area (Å²) in [6, 6.07) is 7.17. The van der Waals surface area contributed by atoms with Gasteiger partial charge in [-0.15, -0.1) is 0 Å². The maximum absolute atomic E-state index is 11.6. The maximum Gasteiger partial charge on any atom is 0.230 e. The van der Waals surface area contributed by atoms with Crippen molar-refractivity contribution in [2.45, 2.75) is 25.0 Å². The van der Waals surface area contributed by atoms with Crippen LogP contribution in [0.25, 0.3) is 0 Å². The van der Waals surface area contributed by atoms with Gasteiger partial charge in [0.1, 0.15) is 6.42 Å². The van der Waals surface area contributed by atoms with E-state index in [1.165, 1.54) is 7.05 Å². The first-order valence-electron chi connectivity index (χ1n) is 5.87. The van der Waals surface area contributed by atoms with Gasteiger partial charge in [0.05, 0.1) is 12.1 Å². The van der Waals surface area contributed by atoms with Gasteiger partial charge in [-0.25, -0.2) is 0 Å². The van der Waals surface area contributed by atoms with E-state index in [1.54, 1.807) is 0 Å². The Labute approximate surface area is 105 Å². The summed E-state index contributed by atoms with van der Waals surface area (Å²) in [5, 5.41) is 15.0. The van der Waals surface area contributed by atoms with Gasteiger partial charge in [-0.2, -0.15) is 0 Å². The van der Waals surface area contributed by atoms with Crippen molar-refractivity contribution in [1.82, 2.24) is 10.6 Å². The predicted molar refractivity (Wildman–Crippen MR) is 65.7 cm³/mol. The van der Waals surface area contributed by atoms with E-state index in [1.807, 2.05) is 24.3 Å². The highest BCUT2D eigenvalue weighted by atomic mass is 16.3. The van der Waals surface area contributed by atoms with E-state index in [0.717, 1.165) is 11.1 Å². The van der Waals surface area contributed by atoms with Gasteiger partial charge >= 0.3 is 0 Å². The molecule has 96 valence electrons. The van der Waals surface area contributed by atoms with Crippen molar-refractivity contribution in [3.8, 4) is 0 Å². The zero-order valence-corrected chi connectivity index (χ0v) is 10.1. The molecule has 0 fully saturated rings. The molecule has 18 heavy (non-hydrogen) atoms. The largest absolute Gasteiger partial charge is 0.390 e. The van der Waals surface area contributed by atoms with E-state index < -0.39 is 12.1 Å². The molecule has 2 atom stereocenters. The Kier molecular flexibility index (Phi) is 3.62. The van der Waals surface area contributed by atoms with Crippen molar-refractivity contribution in [3.05, 3.63) is 35.4 Å². The third-order valence-electron chi connectivity index (χ3n) is 3.12. The van der Waals surface area contributed by atoms with Gasteiger partial charge < -0.3 is 15.7 Å². The van der Waals surface area contributed by atoms with Gasteiger partial charge in [-0.3, -0.25) is 9.59 Å². The smallest absolute Gasteiger partial charge is 0.230 e. The zero-order chi connectivity index (χ0) is 13.1. The third kappa shape index (κ3) is 2.51. The van der Waals surface area contributed by atoms with Crippen molar-refractivity contribution in [2.24, 2.45) is 0 Å². The lowest BCUT2D eigenvalue weighted by atomic mass is 10.1. The maximum atomic E-state index is 11.6. The Bertz CT molecular complexity index is 473. The molecule has 0 aliphatic heterocycles. The summed E-state index contributed by atoms with van der Waals surface area (Å²) in [4.78, 5) is 22.7. The lowest BCUT2D eigenvalue weighted by Crippen LogP contribution is -2.36. The molecule has 0 spiro atoms. The third-order valence-corrected chi connectivity index (χ3v) is 3.12. The van der Waals surface area contributed by atoms with Gasteiger partial charge in [0.25, 0.3) is 0 Å². The van der Waals surface area contributed by atoms with Gasteiger partial charge in [0.2, 0.25) is 11.8 Å². The molecule has 0 saturated heterocycles. The van der Waals surface area contributed by atoms with Crippen LogP contribution in [-0.4, -0.2) is 30.1 Å². The van der Waals surface area contributed by atoms with Crippen LogP contribution in [0.3, 0.4) is 0 Å². The number of nitrogens with one attached hydrogen (secondary N) is 2. The molecular formula is C13H16N2O3. The van der Waals surface area contributed by atoms with Crippen LogP contribution in [0.4, 0.5) is 0 Å². The van der Waals surface area contributed by atoms with E-state index in [-0.39, 0.29) is 18.2 Å². The molecule has 1 aliphatic carbocycles. The fourth-order valence-electron chi connectivity index (χ4n) is 2.21. The zero-order valence-electron chi connectivity index (χ0n) is 10.1. The lowest BCUT2D eigenvalue weighted by Gasteiger charge is -2.17. The standard InChI is InChI=1S/C13H16N2O3/c1-14-11(17)7-12(18)15-13-9-5-3-2-4-8(9)6-10(13)16/h2-5,10,13,16H,6-7H2,1H3,(H,14,17)(H,15,18)/t10-,13+/m0/s1. The Morgan fingerprint density at radius 2 is 2.06 bits per heavy atom. The number of fused-ring (bicyclic) bond motifs is 1. The summed E-state index contributed by atoms with van der Waals surface area (Å²) < 4.78 is 0. The van der Waals surface area contributed by atoms with Crippen LogP contribution in [-0.2, 0) is 16.0 Å². The summed E-state index contributed by atoms with van der Waals surface area (Å²) in [6.45, 7) is 0. The van der Waals surface area contributed by atoms with E-state index in [9.17, 15) is 14.7 Å². The number of carbonyl (C=O) groups is 2. The minimum atomic E-state index is -0.629. The highest BCUT2D eigenvalue weighted by molar-refractivity contribution is 5.96. The number of benzene rings is 1. The first-order chi connectivity index (χ1) is 8.61. The number of aliphatic hydroxyl groups is 1. The lowest BCUT2D eigenvalue weighted by molar-refractivity contribution is -0.129. The van der Waals surface area contributed by atoms with Crippen LogP contribution in [0.1, 0.15) is 23.6 Å². The van der Waals surface area contributed by atoms with Crippen molar-refractivity contribution < 1.29 is 14.7 Å². The van der Waals surface area contributed by atoms with Crippen molar-refractivity contribution in [2.75, 3.05) is 7.05 Å². The highest BCUT2D eigenvalue weighted by Gasteiger charge is 2.31. The van der Waals surface area contributed by atoms with E-state index in [2.05, 4.69) is 10.6 Å². The number of hydrogen-bond acceptors (Lipinski definition) is 3. The van der Waals surface area contributed by atoms with Gasteiger partial charge in [0.15, 0.2) is 0 Å². The molecule has 1 aliphatic rings. The number of amides is 2. The number of hydrogen-bond donors (Lipinski definition) is 3. The van der Waals surface area contributed by atoms with Crippen LogP contribution in [0, 0.1) is 0 Å². The summed E-state index contributed by atoms with van der Waals surface area (Å²) >= 11 is 0. The van der Waals surface area contributed by atoms with E-state index in [4.69, 9.17) is 0 Å². The first-order valence-corrected chi connectivity index (χ1v) is 5.87. The number of carbonyl (C=O) groups excluding carboxylic acids is 2. The molecule has 0 saturated carbocycles. The topological polar surface area (TPSA) is 78.4 Å². The molecule has 5 heteroatoms. The van der Waals surface area contributed by atoms with Gasteiger partial charge in [-0.05, 0) is 11.1 Å². The molecule has 3 N–H and O–H groups in total. The second-order valence-electron chi connectivity index (χ2n) is 4.37. The highest BCUT2D eigenvalue weighted by Crippen LogP contribution is 2.31. The van der Waals surface area contributed by atoms with E-state index >= 15 is 0 Å². The molecule has 0 bridgehead atoms. The number of aliphatic hydroxyl groups excluding tert-OH is 1. The average molecular weight is 248 g/mol. The average Bonchev–Trinajstić information content (AvgIpc) is 2.66. The molecule has 0 radical (unpaired) electrons. The van der Waals surface area contributed by atoms with Crippen molar-refractivity contribution in [1.29, 1.82) is 0 Å². The molecular weight excluding hydrogens is 232 g/mol. The van der Waals surface area contributed by atoms with E-state index in [0.29, 0.717) is 6.42 Å². The second-order valence-corrected chi connectivity index (χ2v) is 4.37. The molecule has 5 nitrogen and oxygen atoms in total. The second kappa shape index (κ2) is 5.18. The molecule has 0 aromatic heterocycles. The fourth-order valence-corrected chi connectivity index (χ4v) is 2.21. The van der Waals surface area contributed by atoms with Crippen LogP contribution in [0.2, 0.25) is 0 Å². The summed E-state index contributed by atoms with van der Waals surface area (Å²) in [5.74, 6) is -0.719. The fraction of sp³-hybridized carbons (Fsp3) is 0.385. The Balaban J connectivity index is 2.06. The van der Waals surface area contributed by atoms with Gasteiger partial charge in [0, 0.05) is 13.5 Å². The van der Waals surface area contributed by atoms with Gasteiger partial charge in [-0.1, -0.05) is 24.3 Å². The van der Waals surface area contributed by atoms with Crippen LogP contribution < -0.4 is 10.6 Å². The normalized spacial score (nSPS) is 21.2. The minimum Gasteiger partial charge on any atom is -0.390 e. The predicted octanol–water partition coefficient (Wildman–Crippen LogP) is -0.103. The van der Waals surface area contributed by atoms with Crippen LogP contribution in [0.5, 0.6) is 0 Å². The Hall–Kier alpha value is -1.88. The molecule has 1 aromatic carbocycles. The monoisotopic (exact) mass is 248 g/mol. The Morgan fingerprint density at radius 3 is 2.78 bits per heavy atom. The van der Waals surface area contributed by atoms with Crippen molar-refractivity contribution in [3.63, 3.8) is 0 Å². The molecule has 2 rings (SSSR count). The van der Waals surface area contributed by atoms with Crippen molar-refractivity contribution >= 4 is 11.8 Å². The quantitative estimate of drug-likeness (QED) is 0.653. The summed E-state index contributed by atoms with van der Waals surface area (Å²) in [7, 11) is 1.48. The molecule has 2 amide bonds. The first kappa shape index (κ1) is 12.6. The minimum absolute atomic E-state index is 0.220. The Morgan fingerprint density at radius 1 is 1.33 bits per heavy atom. The van der Waals surface area contributed by atoms with Crippen LogP contribution >= 0.6 is 0 Å². The summed E-state index contributed by atoms with van der Waals surface area (Å²) in [6.07, 6.45) is -0.320.